The van der Waals surface area contributed by atoms with Crippen molar-refractivity contribution >= 4 is 46.3 Å². The third-order valence-electron chi connectivity index (χ3n) is 2.61. The number of aromatic nitrogens is 4. The molecule has 0 unspecified atom stereocenters. The lowest BCUT2D eigenvalue weighted by Gasteiger charge is -1.99. The summed E-state index contributed by atoms with van der Waals surface area (Å²) in [4.78, 5) is 28.0. The van der Waals surface area contributed by atoms with Crippen LogP contribution in [0, 0.1) is 0 Å². The van der Waals surface area contributed by atoms with Gasteiger partial charge in [0.1, 0.15) is 16.9 Å². The van der Waals surface area contributed by atoms with E-state index in [4.69, 9.17) is 5.11 Å². The number of carboxylic acid groups (broad SMARTS) is 1. The van der Waals surface area contributed by atoms with Crippen molar-refractivity contribution in [1.82, 2.24) is 19.9 Å². The van der Waals surface area contributed by atoms with Crippen LogP contribution in [0.4, 0.5) is 0 Å². The van der Waals surface area contributed by atoms with Gasteiger partial charge in [-0.3, -0.25) is 0 Å². The van der Waals surface area contributed by atoms with Gasteiger partial charge in [0.05, 0.1) is 6.33 Å². The van der Waals surface area contributed by atoms with Crippen LogP contribution in [0.2, 0.25) is 0 Å². The number of aromatic amines is 1. The number of carbonyl (C=O) groups is 1. The fourth-order valence-corrected chi connectivity index (χ4v) is 3.62. The fourth-order valence-electron chi connectivity index (χ4n) is 1.71. The molecular formula is C13H10N4O2S2. The SMILES string of the molecule is O=C(O)C=Cc1ccc(CSc2ncnc3nc[nH]c23)s1. The summed E-state index contributed by atoms with van der Waals surface area (Å²) in [5.74, 6) is -0.182. The van der Waals surface area contributed by atoms with Crippen LogP contribution in [0.5, 0.6) is 0 Å². The summed E-state index contributed by atoms with van der Waals surface area (Å²) in [5.41, 5.74) is 1.49. The highest BCUT2D eigenvalue weighted by atomic mass is 32.2. The Balaban J connectivity index is 1.70. The molecule has 8 heteroatoms. The zero-order valence-electron chi connectivity index (χ0n) is 10.7. The highest BCUT2D eigenvalue weighted by molar-refractivity contribution is 7.98. The highest BCUT2D eigenvalue weighted by Gasteiger charge is 2.07. The number of hydrogen-bond acceptors (Lipinski definition) is 6. The Hall–Kier alpha value is -2.19. The average molecular weight is 318 g/mol. The zero-order valence-corrected chi connectivity index (χ0v) is 12.3. The van der Waals surface area contributed by atoms with Crippen LogP contribution in [0.15, 0.2) is 35.9 Å². The van der Waals surface area contributed by atoms with Crippen molar-refractivity contribution in [2.75, 3.05) is 0 Å². The van der Waals surface area contributed by atoms with Gasteiger partial charge < -0.3 is 10.1 Å². The van der Waals surface area contributed by atoms with Crippen LogP contribution >= 0.6 is 23.1 Å². The smallest absolute Gasteiger partial charge is 0.328 e. The van der Waals surface area contributed by atoms with Gasteiger partial charge in [-0.2, -0.15) is 0 Å². The van der Waals surface area contributed by atoms with Crippen molar-refractivity contribution in [1.29, 1.82) is 0 Å². The van der Waals surface area contributed by atoms with Crippen molar-refractivity contribution in [3.8, 4) is 0 Å². The largest absolute Gasteiger partial charge is 0.478 e. The summed E-state index contributed by atoms with van der Waals surface area (Å²) in [6.45, 7) is 0. The van der Waals surface area contributed by atoms with Crippen LogP contribution in [0.1, 0.15) is 9.75 Å². The van der Waals surface area contributed by atoms with Crippen molar-refractivity contribution in [3.05, 3.63) is 40.6 Å². The summed E-state index contributed by atoms with van der Waals surface area (Å²) in [5, 5.41) is 9.46. The molecule has 3 aromatic rings. The van der Waals surface area contributed by atoms with Crippen molar-refractivity contribution in [2.24, 2.45) is 0 Å². The van der Waals surface area contributed by atoms with E-state index in [2.05, 4.69) is 19.9 Å². The summed E-state index contributed by atoms with van der Waals surface area (Å²) >= 11 is 3.15. The van der Waals surface area contributed by atoms with Crippen molar-refractivity contribution in [2.45, 2.75) is 10.8 Å². The summed E-state index contributed by atoms with van der Waals surface area (Å²) in [6, 6.07) is 3.90. The van der Waals surface area contributed by atoms with Crippen molar-refractivity contribution < 1.29 is 9.90 Å². The topological polar surface area (TPSA) is 91.8 Å². The number of hydrogen-bond donors (Lipinski definition) is 2. The van der Waals surface area contributed by atoms with E-state index in [-0.39, 0.29) is 0 Å². The summed E-state index contributed by atoms with van der Waals surface area (Å²) in [7, 11) is 0. The van der Waals surface area contributed by atoms with E-state index in [1.807, 2.05) is 12.1 Å². The van der Waals surface area contributed by atoms with Crippen LogP contribution in [-0.4, -0.2) is 31.0 Å². The number of thiophene rings is 1. The Morgan fingerprint density at radius 2 is 2.29 bits per heavy atom. The lowest BCUT2D eigenvalue weighted by Crippen LogP contribution is -1.86. The maximum absolute atomic E-state index is 10.5. The van der Waals surface area contributed by atoms with E-state index >= 15 is 0 Å². The first-order valence-electron chi connectivity index (χ1n) is 5.99. The van der Waals surface area contributed by atoms with Gasteiger partial charge in [0.15, 0.2) is 5.65 Å². The molecular weight excluding hydrogens is 308 g/mol. The number of thioether (sulfide) groups is 1. The molecule has 21 heavy (non-hydrogen) atoms. The first-order valence-corrected chi connectivity index (χ1v) is 7.79. The van der Waals surface area contributed by atoms with Gasteiger partial charge in [0.25, 0.3) is 0 Å². The molecule has 3 heterocycles. The Bertz CT molecular complexity index is 809. The Morgan fingerprint density at radius 1 is 1.38 bits per heavy atom. The molecule has 2 N–H and O–H groups in total. The van der Waals surface area contributed by atoms with Crippen LogP contribution in [0.25, 0.3) is 17.2 Å². The molecule has 3 aromatic heterocycles. The van der Waals surface area contributed by atoms with E-state index in [9.17, 15) is 4.79 Å². The zero-order chi connectivity index (χ0) is 14.7. The minimum atomic E-state index is -0.943. The second-order valence-electron chi connectivity index (χ2n) is 4.04. The lowest BCUT2D eigenvalue weighted by atomic mass is 10.4. The van der Waals surface area contributed by atoms with Crippen LogP contribution in [0.3, 0.4) is 0 Å². The minimum absolute atomic E-state index is 0.656. The number of carboxylic acids is 1. The molecule has 0 bridgehead atoms. The van der Waals surface area contributed by atoms with Gasteiger partial charge in [0.2, 0.25) is 0 Å². The molecule has 0 spiro atoms. The molecule has 0 aromatic carbocycles. The standard InChI is InChI=1S/C13H10N4O2S2/c18-10(19)4-3-8-1-2-9(21-8)5-20-13-11-12(15-6-14-11)16-7-17-13/h1-4,6-7H,5H2,(H,18,19)(H,14,15,16,17). The Kier molecular flexibility index (Phi) is 3.98. The first kappa shape index (κ1) is 13.8. The molecule has 0 saturated heterocycles. The normalized spacial score (nSPS) is 11.4. The van der Waals surface area contributed by atoms with E-state index in [0.29, 0.717) is 5.65 Å². The maximum atomic E-state index is 10.5. The number of fused-ring (bicyclic) bond motifs is 1. The summed E-state index contributed by atoms with van der Waals surface area (Å²) < 4.78 is 0. The van der Waals surface area contributed by atoms with E-state index in [0.717, 1.165) is 32.1 Å². The predicted octanol–water partition coefficient (Wildman–Crippen LogP) is 2.80. The summed E-state index contributed by atoms with van der Waals surface area (Å²) in [6.07, 6.45) is 5.84. The maximum Gasteiger partial charge on any atom is 0.328 e. The highest BCUT2D eigenvalue weighted by Crippen LogP contribution is 2.28. The average Bonchev–Trinajstić information content (AvgIpc) is 3.12. The third kappa shape index (κ3) is 3.29. The number of nitrogens with zero attached hydrogens (tertiary/aromatic N) is 3. The molecule has 6 nitrogen and oxygen atoms in total. The number of rotatable bonds is 5. The Labute approximate surface area is 128 Å². The second-order valence-corrected chi connectivity index (χ2v) is 6.21. The van der Waals surface area contributed by atoms with Crippen molar-refractivity contribution in [3.63, 3.8) is 0 Å². The van der Waals surface area contributed by atoms with Gasteiger partial charge in [-0.05, 0) is 18.2 Å². The van der Waals surface area contributed by atoms with Gasteiger partial charge in [0, 0.05) is 21.6 Å². The first-order chi connectivity index (χ1) is 10.2. The fraction of sp³-hybridized carbons (Fsp3) is 0.0769. The predicted molar refractivity (Wildman–Crippen MR) is 82.2 cm³/mol. The quantitative estimate of drug-likeness (QED) is 0.427. The molecule has 0 fully saturated rings. The van der Waals surface area contributed by atoms with Crippen LogP contribution < -0.4 is 0 Å². The molecule has 0 radical (unpaired) electrons. The molecule has 0 aliphatic carbocycles. The van der Waals surface area contributed by atoms with Gasteiger partial charge in [-0.15, -0.1) is 11.3 Å². The van der Waals surface area contributed by atoms with E-state index in [1.54, 1.807) is 35.5 Å². The second kappa shape index (κ2) is 6.06. The van der Waals surface area contributed by atoms with Gasteiger partial charge >= 0.3 is 5.97 Å². The molecule has 0 aliphatic rings. The van der Waals surface area contributed by atoms with Gasteiger partial charge in [-0.25, -0.2) is 19.7 Å². The molecule has 0 aliphatic heterocycles. The van der Waals surface area contributed by atoms with E-state index < -0.39 is 5.97 Å². The third-order valence-corrected chi connectivity index (χ3v) is 4.88. The molecule has 0 atom stereocenters. The number of H-pyrrole nitrogens is 1. The number of nitrogens with one attached hydrogen (secondary N) is 1. The number of aliphatic carboxylic acids is 1. The molecule has 0 saturated carbocycles. The minimum Gasteiger partial charge on any atom is -0.478 e. The molecule has 106 valence electrons. The lowest BCUT2D eigenvalue weighted by molar-refractivity contribution is -0.131. The van der Waals surface area contributed by atoms with E-state index in [1.165, 1.54) is 6.33 Å². The monoisotopic (exact) mass is 318 g/mol. The molecule has 3 rings (SSSR count). The van der Waals surface area contributed by atoms with Crippen LogP contribution in [-0.2, 0) is 10.5 Å². The van der Waals surface area contributed by atoms with Gasteiger partial charge in [-0.1, -0.05) is 11.8 Å². The Morgan fingerprint density at radius 3 is 3.14 bits per heavy atom. The number of imidazole rings is 1. The molecule has 0 amide bonds.